The van der Waals surface area contributed by atoms with Crippen molar-refractivity contribution >= 4 is 22.1 Å². The smallest absolute Gasteiger partial charge is 0.293 e. The normalized spacial score (nSPS) is 11.2. The van der Waals surface area contributed by atoms with Crippen LogP contribution in [0.2, 0.25) is 0 Å². The molecule has 0 aliphatic rings. The molecule has 3 rings (SSSR count). The van der Waals surface area contributed by atoms with E-state index in [1.807, 2.05) is 0 Å². The van der Waals surface area contributed by atoms with Crippen molar-refractivity contribution in [2.24, 2.45) is 0 Å². The Morgan fingerprint density at radius 2 is 2.20 bits per heavy atom. The van der Waals surface area contributed by atoms with Crippen molar-refractivity contribution in [2.75, 3.05) is 0 Å². The third-order valence-electron chi connectivity index (χ3n) is 2.21. The summed E-state index contributed by atoms with van der Waals surface area (Å²) in [5.41, 5.74) is -0.382. The summed E-state index contributed by atoms with van der Waals surface area (Å²) < 4.78 is 4.80. The predicted octanol–water partition coefficient (Wildman–Crippen LogP) is 0.358. The summed E-state index contributed by atoms with van der Waals surface area (Å²) >= 11 is 0. The maximum atomic E-state index is 11.8. The van der Waals surface area contributed by atoms with Gasteiger partial charge in [-0.3, -0.25) is 9.59 Å². The van der Waals surface area contributed by atoms with Gasteiger partial charge in [0.05, 0.1) is 5.39 Å². The van der Waals surface area contributed by atoms with Gasteiger partial charge in [-0.15, -0.1) is 0 Å². The lowest BCUT2D eigenvalue weighted by Gasteiger charge is -1.93. The Labute approximate surface area is 81.5 Å². The highest BCUT2D eigenvalue weighted by Crippen LogP contribution is 2.08. The molecular weight excluding hydrogens is 198 g/mol. The number of aromatic amines is 2. The second-order valence-corrected chi connectivity index (χ2v) is 3.09. The summed E-state index contributed by atoms with van der Waals surface area (Å²) in [6.45, 7) is 0. The third-order valence-corrected chi connectivity index (χ3v) is 2.21. The molecule has 0 fully saturated rings. The van der Waals surface area contributed by atoms with Crippen LogP contribution in [0, 0.1) is 0 Å². The van der Waals surface area contributed by atoms with Gasteiger partial charge < -0.3 is 9.51 Å². The Balaban J connectivity index is 2.75. The zero-order chi connectivity index (χ0) is 10.4. The lowest BCUT2D eigenvalue weighted by molar-refractivity contribution is 0.442. The number of nitrogens with one attached hydrogen (secondary N) is 2. The van der Waals surface area contributed by atoms with Gasteiger partial charge in [-0.25, -0.2) is 4.98 Å². The van der Waals surface area contributed by atoms with Crippen LogP contribution in [0.5, 0.6) is 0 Å². The van der Waals surface area contributed by atoms with Gasteiger partial charge in [0, 0.05) is 6.20 Å². The number of hydrogen-bond acceptors (Lipinski definition) is 4. The molecule has 0 atom stereocenters. The van der Waals surface area contributed by atoms with Crippen LogP contribution in [0.3, 0.4) is 0 Å². The van der Waals surface area contributed by atoms with E-state index in [1.54, 1.807) is 18.3 Å². The molecule has 0 aliphatic heterocycles. The van der Waals surface area contributed by atoms with Crippen LogP contribution >= 0.6 is 0 Å². The van der Waals surface area contributed by atoms with E-state index in [0.29, 0.717) is 11.0 Å². The zero-order valence-corrected chi connectivity index (χ0v) is 7.40. The van der Waals surface area contributed by atoms with E-state index >= 15 is 0 Å². The topological polar surface area (TPSA) is 91.8 Å². The minimum atomic E-state index is -0.531. The Hall–Kier alpha value is -2.37. The molecule has 0 amide bonds. The number of nitrogens with zero attached hydrogens (tertiary/aromatic N) is 1. The van der Waals surface area contributed by atoms with Crippen molar-refractivity contribution in [3.8, 4) is 0 Å². The molecule has 2 N–H and O–H groups in total. The van der Waals surface area contributed by atoms with Crippen LogP contribution in [0.15, 0.2) is 32.4 Å². The largest absolute Gasteiger partial charge is 0.360 e. The molecule has 0 unspecified atom stereocenters. The number of pyridine rings is 2. The van der Waals surface area contributed by atoms with Crippen LogP contribution in [-0.2, 0) is 0 Å². The van der Waals surface area contributed by atoms with Gasteiger partial charge in [-0.05, 0) is 12.1 Å². The van der Waals surface area contributed by atoms with Crippen molar-refractivity contribution in [1.29, 1.82) is 0 Å². The minimum absolute atomic E-state index is 0.00417. The molecule has 3 aromatic heterocycles. The second-order valence-electron chi connectivity index (χ2n) is 3.09. The molecule has 0 aromatic carbocycles. The average molecular weight is 203 g/mol. The van der Waals surface area contributed by atoms with Gasteiger partial charge >= 0.3 is 0 Å². The molecule has 6 heteroatoms. The molecule has 6 nitrogen and oxygen atoms in total. The van der Waals surface area contributed by atoms with Crippen LogP contribution in [0.25, 0.3) is 22.1 Å². The zero-order valence-electron chi connectivity index (χ0n) is 7.40. The van der Waals surface area contributed by atoms with Gasteiger partial charge in [-0.2, -0.15) is 5.16 Å². The van der Waals surface area contributed by atoms with Crippen molar-refractivity contribution in [2.45, 2.75) is 0 Å². The standard InChI is InChI=1S/C9H5N3O3/c13-6-4-2-1-3-10-7(4)11-9-5(6)8(14)12-15-9/h1-3H,(H,12,14)(H,10,11,13). The highest BCUT2D eigenvalue weighted by molar-refractivity contribution is 5.87. The molecule has 0 bridgehead atoms. The van der Waals surface area contributed by atoms with E-state index in [9.17, 15) is 9.59 Å². The molecule has 3 aromatic rings. The fourth-order valence-electron chi connectivity index (χ4n) is 1.53. The molecule has 0 spiro atoms. The molecule has 15 heavy (non-hydrogen) atoms. The fourth-order valence-corrected chi connectivity index (χ4v) is 1.53. The van der Waals surface area contributed by atoms with E-state index in [2.05, 4.69) is 15.1 Å². The van der Waals surface area contributed by atoms with Gasteiger partial charge in [0.25, 0.3) is 5.56 Å². The summed E-state index contributed by atoms with van der Waals surface area (Å²) in [4.78, 5) is 29.8. The monoisotopic (exact) mass is 203 g/mol. The second kappa shape index (κ2) is 2.57. The van der Waals surface area contributed by atoms with Crippen LogP contribution in [0.4, 0.5) is 0 Å². The van der Waals surface area contributed by atoms with Crippen LogP contribution in [-0.4, -0.2) is 15.1 Å². The maximum Gasteiger partial charge on any atom is 0.293 e. The quantitative estimate of drug-likeness (QED) is 0.551. The predicted molar refractivity (Wildman–Crippen MR) is 52.8 cm³/mol. The molecule has 0 saturated heterocycles. The number of rotatable bonds is 0. The van der Waals surface area contributed by atoms with Crippen molar-refractivity contribution in [1.82, 2.24) is 15.1 Å². The first kappa shape index (κ1) is 7.98. The van der Waals surface area contributed by atoms with Crippen LogP contribution in [0.1, 0.15) is 0 Å². The van der Waals surface area contributed by atoms with E-state index in [4.69, 9.17) is 4.52 Å². The van der Waals surface area contributed by atoms with Gasteiger partial charge in [0.1, 0.15) is 5.65 Å². The Morgan fingerprint density at radius 1 is 1.33 bits per heavy atom. The molecule has 0 radical (unpaired) electrons. The molecule has 74 valence electrons. The number of H-pyrrole nitrogens is 2. The summed E-state index contributed by atoms with van der Waals surface area (Å²) in [6, 6.07) is 3.24. The summed E-state index contributed by atoms with van der Waals surface area (Å²) in [5.74, 6) is 0. The van der Waals surface area contributed by atoms with Gasteiger partial charge in [0.15, 0.2) is 5.39 Å². The van der Waals surface area contributed by atoms with E-state index in [-0.39, 0.29) is 16.5 Å². The van der Waals surface area contributed by atoms with Crippen molar-refractivity contribution < 1.29 is 4.52 Å². The number of hydrogen-bond donors (Lipinski definition) is 2. The third kappa shape index (κ3) is 0.954. The van der Waals surface area contributed by atoms with Crippen molar-refractivity contribution in [3.63, 3.8) is 0 Å². The number of fused-ring (bicyclic) bond motifs is 2. The number of aromatic nitrogens is 3. The highest BCUT2D eigenvalue weighted by atomic mass is 16.5. The summed E-state index contributed by atoms with van der Waals surface area (Å²) in [6.07, 6.45) is 1.55. The van der Waals surface area contributed by atoms with Gasteiger partial charge in [-0.1, -0.05) is 0 Å². The first-order valence-electron chi connectivity index (χ1n) is 4.25. The van der Waals surface area contributed by atoms with Crippen molar-refractivity contribution in [3.05, 3.63) is 38.9 Å². The highest BCUT2D eigenvalue weighted by Gasteiger charge is 2.11. The lowest BCUT2D eigenvalue weighted by Crippen LogP contribution is -2.11. The molecule has 0 aliphatic carbocycles. The molecule has 0 saturated carbocycles. The average Bonchev–Trinajstić information content (AvgIpc) is 2.61. The van der Waals surface area contributed by atoms with E-state index in [0.717, 1.165) is 0 Å². The summed E-state index contributed by atoms with van der Waals surface area (Å²) in [7, 11) is 0. The van der Waals surface area contributed by atoms with E-state index in [1.165, 1.54) is 0 Å². The molecule has 3 heterocycles. The first-order valence-corrected chi connectivity index (χ1v) is 4.25. The Kier molecular flexibility index (Phi) is 1.37. The lowest BCUT2D eigenvalue weighted by atomic mass is 10.2. The SMILES string of the molecule is O=c1[nH]oc2[nH]c3ncccc3c(=O)c12. The van der Waals surface area contributed by atoms with E-state index < -0.39 is 5.56 Å². The fraction of sp³-hybridized carbons (Fsp3) is 0. The maximum absolute atomic E-state index is 11.8. The molecular formula is C9H5N3O3. The van der Waals surface area contributed by atoms with Crippen LogP contribution < -0.4 is 11.0 Å². The summed E-state index contributed by atoms with van der Waals surface area (Å²) in [5, 5.41) is 2.47. The Bertz CT molecular complexity index is 765. The first-order chi connectivity index (χ1) is 7.27. The minimum Gasteiger partial charge on any atom is -0.360 e. The van der Waals surface area contributed by atoms with Gasteiger partial charge in [0.2, 0.25) is 11.1 Å². The Morgan fingerprint density at radius 3 is 3.07 bits per heavy atom.